The maximum atomic E-state index is 5.23. The summed E-state index contributed by atoms with van der Waals surface area (Å²) in [5.41, 5.74) is 4.01. The SMILES string of the molecule is COc1ccc(CN2CC(C)NCc3ccccc32)cc1. The van der Waals surface area contributed by atoms with Crippen LogP contribution in [0.1, 0.15) is 18.1 Å². The van der Waals surface area contributed by atoms with Gasteiger partial charge in [-0.2, -0.15) is 0 Å². The van der Waals surface area contributed by atoms with E-state index in [9.17, 15) is 0 Å². The van der Waals surface area contributed by atoms with Crippen LogP contribution >= 0.6 is 0 Å². The molecule has 1 heterocycles. The highest BCUT2D eigenvalue weighted by Crippen LogP contribution is 2.25. The van der Waals surface area contributed by atoms with Crippen LogP contribution in [0.3, 0.4) is 0 Å². The Morgan fingerprint density at radius 2 is 1.90 bits per heavy atom. The molecule has 1 atom stereocenters. The van der Waals surface area contributed by atoms with Gasteiger partial charge < -0.3 is 15.0 Å². The van der Waals surface area contributed by atoms with Crippen molar-refractivity contribution in [1.82, 2.24) is 5.32 Å². The van der Waals surface area contributed by atoms with Crippen molar-refractivity contribution in [2.24, 2.45) is 0 Å². The largest absolute Gasteiger partial charge is 0.497 e. The average molecular weight is 282 g/mol. The zero-order valence-electron chi connectivity index (χ0n) is 12.7. The normalized spacial score (nSPS) is 18.0. The molecule has 110 valence electrons. The van der Waals surface area contributed by atoms with Crippen molar-refractivity contribution in [2.45, 2.75) is 26.1 Å². The molecule has 0 amide bonds. The Labute approximate surface area is 126 Å². The van der Waals surface area contributed by atoms with Crippen molar-refractivity contribution in [3.8, 4) is 5.75 Å². The summed E-state index contributed by atoms with van der Waals surface area (Å²) < 4.78 is 5.23. The molecule has 2 aromatic carbocycles. The van der Waals surface area contributed by atoms with Crippen molar-refractivity contribution >= 4 is 5.69 Å². The van der Waals surface area contributed by atoms with E-state index in [-0.39, 0.29) is 0 Å². The van der Waals surface area contributed by atoms with Crippen LogP contribution in [0.4, 0.5) is 5.69 Å². The fraction of sp³-hybridized carbons (Fsp3) is 0.333. The van der Waals surface area contributed by atoms with Crippen LogP contribution in [0, 0.1) is 0 Å². The van der Waals surface area contributed by atoms with E-state index in [1.165, 1.54) is 16.8 Å². The molecule has 0 aliphatic carbocycles. The van der Waals surface area contributed by atoms with E-state index in [1.807, 2.05) is 12.1 Å². The Balaban J connectivity index is 1.85. The number of hydrogen-bond acceptors (Lipinski definition) is 3. The topological polar surface area (TPSA) is 24.5 Å². The molecule has 0 fully saturated rings. The first-order valence-corrected chi connectivity index (χ1v) is 7.45. The van der Waals surface area contributed by atoms with Gasteiger partial charge in [0.05, 0.1) is 7.11 Å². The molecule has 0 aromatic heterocycles. The maximum Gasteiger partial charge on any atom is 0.118 e. The van der Waals surface area contributed by atoms with Gasteiger partial charge in [0.1, 0.15) is 5.75 Å². The van der Waals surface area contributed by atoms with E-state index in [0.29, 0.717) is 6.04 Å². The lowest BCUT2D eigenvalue weighted by atomic mass is 10.1. The van der Waals surface area contributed by atoms with Crippen LogP contribution in [0.15, 0.2) is 48.5 Å². The fourth-order valence-corrected chi connectivity index (χ4v) is 2.85. The highest BCUT2D eigenvalue weighted by molar-refractivity contribution is 5.55. The van der Waals surface area contributed by atoms with Crippen molar-refractivity contribution < 1.29 is 4.74 Å². The number of hydrogen-bond donors (Lipinski definition) is 1. The zero-order valence-corrected chi connectivity index (χ0v) is 12.7. The van der Waals surface area contributed by atoms with Crippen molar-refractivity contribution in [2.75, 3.05) is 18.6 Å². The number of fused-ring (bicyclic) bond motifs is 1. The van der Waals surface area contributed by atoms with Crippen LogP contribution in [0.25, 0.3) is 0 Å². The van der Waals surface area contributed by atoms with Crippen molar-refractivity contribution in [1.29, 1.82) is 0 Å². The van der Waals surface area contributed by atoms with E-state index in [0.717, 1.165) is 25.4 Å². The van der Waals surface area contributed by atoms with Gasteiger partial charge in [-0.1, -0.05) is 30.3 Å². The molecule has 0 saturated carbocycles. The van der Waals surface area contributed by atoms with Crippen molar-refractivity contribution in [3.05, 3.63) is 59.7 Å². The van der Waals surface area contributed by atoms with E-state index < -0.39 is 0 Å². The molecule has 3 heteroatoms. The quantitative estimate of drug-likeness (QED) is 0.935. The van der Waals surface area contributed by atoms with E-state index in [4.69, 9.17) is 4.74 Å². The molecule has 3 rings (SSSR count). The summed E-state index contributed by atoms with van der Waals surface area (Å²) in [4.78, 5) is 2.46. The summed E-state index contributed by atoms with van der Waals surface area (Å²) in [6.45, 7) is 5.12. The Morgan fingerprint density at radius 1 is 1.14 bits per heavy atom. The molecule has 1 aliphatic heterocycles. The molecule has 0 bridgehead atoms. The zero-order chi connectivity index (χ0) is 14.7. The number of nitrogens with one attached hydrogen (secondary N) is 1. The van der Waals surface area contributed by atoms with Gasteiger partial charge >= 0.3 is 0 Å². The molecule has 1 unspecified atom stereocenters. The Hall–Kier alpha value is -2.00. The predicted molar refractivity (Wildman–Crippen MR) is 86.8 cm³/mol. The van der Waals surface area contributed by atoms with Gasteiger partial charge in [-0.05, 0) is 36.2 Å². The number of nitrogens with zero attached hydrogens (tertiary/aromatic N) is 1. The Bertz CT molecular complexity index is 594. The summed E-state index contributed by atoms with van der Waals surface area (Å²) >= 11 is 0. The molecule has 2 aromatic rings. The van der Waals surface area contributed by atoms with Gasteiger partial charge in [0, 0.05) is 31.4 Å². The van der Waals surface area contributed by atoms with E-state index in [2.05, 4.69) is 53.5 Å². The van der Waals surface area contributed by atoms with Crippen molar-refractivity contribution in [3.63, 3.8) is 0 Å². The molecule has 0 radical (unpaired) electrons. The Kier molecular flexibility index (Phi) is 4.11. The molecule has 21 heavy (non-hydrogen) atoms. The van der Waals surface area contributed by atoms with E-state index >= 15 is 0 Å². The van der Waals surface area contributed by atoms with Crippen LogP contribution in [-0.4, -0.2) is 19.7 Å². The third-order valence-electron chi connectivity index (χ3n) is 4.00. The molecular formula is C18H22N2O. The number of rotatable bonds is 3. The average Bonchev–Trinajstić information content (AvgIpc) is 2.68. The number of ether oxygens (including phenoxy) is 1. The molecule has 0 spiro atoms. The number of benzene rings is 2. The number of para-hydroxylation sites is 1. The lowest BCUT2D eigenvalue weighted by Gasteiger charge is -2.26. The molecule has 1 aliphatic rings. The number of anilines is 1. The first-order chi connectivity index (χ1) is 10.3. The van der Waals surface area contributed by atoms with Gasteiger partial charge in [-0.3, -0.25) is 0 Å². The minimum absolute atomic E-state index is 0.482. The first-order valence-electron chi connectivity index (χ1n) is 7.45. The Morgan fingerprint density at radius 3 is 2.67 bits per heavy atom. The lowest BCUT2D eigenvalue weighted by molar-refractivity contribution is 0.414. The molecule has 1 N–H and O–H groups in total. The van der Waals surface area contributed by atoms with Gasteiger partial charge in [0.25, 0.3) is 0 Å². The van der Waals surface area contributed by atoms with Gasteiger partial charge in [0.2, 0.25) is 0 Å². The second kappa shape index (κ2) is 6.19. The van der Waals surface area contributed by atoms with Gasteiger partial charge in [-0.25, -0.2) is 0 Å². The van der Waals surface area contributed by atoms with Crippen LogP contribution in [-0.2, 0) is 13.1 Å². The van der Waals surface area contributed by atoms with Gasteiger partial charge in [-0.15, -0.1) is 0 Å². The number of methoxy groups -OCH3 is 1. The van der Waals surface area contributed by atoms with Crippen LogP contribution < -0.4 is 15.0 Å². The lowest BCUT2D eigenvalue weighted by Crippen LogP contribution is -2.35. The third kappa shape index (κ3) is 3.19. The second-order valence-electron chi connectivity index (χ2n) is 5.64. The second-order valence-corrected chi connectivity index (χ2v) is 5.64. The highest BCUT2D eigenvalue weighted by Gasteiger charge is 2.18. The van der Waals surface area contributed by atoms with Gasteiger partial charge in [0.15, 0.2) is 0 Å². The highest BCUT2D eigenvalue weighted by atomic mass is 16.5. The summed E-state index contributed by atoms with van der Waals surface area (Å²) in [5, 5.41) is 3.57. The van der Waals surface area contributed by atoms with Crippen LogP contribution in [0.5, 0.6) is 5.75 Å². The summed E-state index contributed by atoms with van der Waals surface area (Å²) in [5.74, 6) is 0.907. The predicted octanol–water partition coefficient (Wildman–Crippen LogP) is 3.19. The van der Waals surface area contributed by atoms with E-state index in [1.54, 1.807) is 7.11 Å². The minimum atomic E-state index is 0.482. The monoisotopic (exact) mass is 282 g/mol. The minimum Gasteiger partial charge on any atom is -0.497 e. The fourth-order valence-electron chi connectivity index (χ4n) is 2.85. The third-order valence-corrected chi connectivity index (χ3v) is 4.00. The summed E-state index contributed by atoms with van der Waals surface area (Å²) in [7, 11) is 1.70. The van der Waals surface area contributed by atoms with Crippen LogP contribution in [0.2, 0.25) is 0 Å². The maximum absolute atomic E-state index is 5.23. The molecular weight excluding hydrogens is 260 g/mol. The summed E-state index contributed by atoms with van der Waals surface area (Å²) in [6.07, 6.45) is 0. The molecule has 3 nitrogen and oxygen atoms in total. The first kappa shape index (κ1) is 14.0. The standard InChI is InChI=1S/C18H22N2O/c1-14-12-20(13-15-7-9-17(21-2)10-8-15)18-6-4-3-5-16(18)11-19-14/h3-10,14,19H,11-13H2,1-2H3. The molecule has 0 saturated heterocycles. The smallest absolute Gasteiger partial charge is 0.118 e. The summed E-state index contributed by atoms with van der Waals surface area (Å²) in [6, 6.07) is 17.5.